The summed E-state index contributed by atoms with van der Waals surface area (Å²) in [7, 11) is 0.238. The van der Waals surface area contributed by atoms with Crippen molar-refractivity contribution in [3.05, 3.63) is 47.4 Å². The van der Waals surface area contributed by atoms with Crippen molar-refractivity contribution < 1.29 is 28.7 Å². The quantitative estimate of drug-likeness (QED) is 0.493. The summed E-state index contributed by atoms with van der Waals surface area (Å²) < 4.78 is 26.9. The first-order valence-electron chi connectivity index (χ1n) is 10.0. The van der Waals surface area contributed by atoms with Crippen molar-refractivity contribution in [2.75, 3.05) is 17.6 Å². The van der Waals surface area contributed by atoms with Gasteiger partial charge < -0.3 is 15.3 Å². The first-order chi connectivity index (χ1) is 15.0. The Morgan fingerprint density at radius 2 is 1.84 bits per heavy atom. The van der Waals surface area contributed by atoms with Gasteiger partial charge in [-0.25, -0.2) is 18.6 Å². The Balaban J connectivity index is 2.56. The molecule has 0 amide bonds. The molecule has 0 bridgehead atoms. The van der Waals surface area contributed by atoms with Gasteiger partial charge in [0.05, 0.1) is 30.0 Å². The molecule has 0 saturated heterocycles. The molecule has 0 aliphatic rings. The van der Waals surface area contributed by atoms with Crippen molar-refractivity contribution >= 4 is 29.0 Å². The highest BCUT2D eigenvalue weighted by Gasteiger charge is 2.20. The highest BCUT2D eigenvalue weighted by atomic mass is 32.2. The number of aliphatic hydroxyl groups excluding tert-OH is 2. The predicted octanol–water partition coefficient (Wildman–Crippen LogP) is 2.74. The number of anilines is 1. The zero-order valence-corrected chi connectivity index (χ0v) is 19.2. The summed E-state index contributed by atoms with van der Waals surface area (Å²) in [5, 5.41) is 28.8. The molecule has 0 fully saturated rings. The lowest BCUT2D eigenvalue weighted by molar-refractivity contribution is -0.139. The molecular weight excluding hydrogens is 437 g/mol. The number of hydrogen-bond acceptors (Lipinski definition) is 6. The molecule has 0 spiro atoms. The molecule has 8 nitrogen and oxygen atoms in total. The molecule has 0 radical (unpaired) electrons. The van der Waals surface area contributed by atoms with Crippen LogP contribution < -0.4 is 4.31 Å². The number of carbonyl (C=O) groups is 1. The van der Waals surface area contributed by atoms with Crippen LogP contribution in [0, 0.1) is 5.82 Å². The molecule has 1 heterocycles. The van der Waals surface area contributed by atoms with Gasteiger partial charge in [-0.3, -0.25) is 9.10 Å². The molecule has 1 aromatic heterocycles. The highest BCUT2D eigenvalue weighted by Crippen LogP contribution is 2.31. The van der Waals surface area contributed by atoms with Gasteiger partial charge in [0.25, 0.3) is 0 Å². The van der Waals surface area contributed by atoms with Crippen LogP contribution in [-0.4, -0.2) is 61.0 Å². The van der Waals surface area contributed by atoms with Crippen molar-refractivity contribution in [3.63, 3.8) is 0 Å². The molecule has 3 atom stereocenters. The number of halogens is 1. The third-order valence-corrected chi connectivity index (χ3v) is 5.64. The maximum atomic E-state index is 13.5. The zero-order valence-electron chi connectivity index (χ0n) is 18.4. The van der Waals surface area contributed by atoms with E-state index in [4.69, 9.17) is 5.11 Å². The van der Waals surface area contributed by atoms with E-state index in [9.17, 15) is 23.6 Å². The van der Waals surface area contributed by atoms with Crippen molar-refractivity contribution in [2.24, 2.45) is 0 Å². The molecule has 0 saturated carbocycles. The fraction of sp³-hybridized carbons (Fsp3) is 0.409. The minimum atomic E-state index is -1.37. The van der Waals surface area contributed by atoms with Gasteiger partial charge in [0.1, 0.15) is 16.8 Å². The van der Waals surface area contributed by atoms with Gasteiger partial charge in [-0.05, 0) is 30.2 Å². The van der Waals surface area contributed by atoms with Crippen LogP contribution in [0.2, 0.25) is 0 Å². The van der Waals surface area contributed by atoms with Gasteiger partial charge in [0.2, 0.25) is 5.95 Å². The SMILES string of the molecule is CC(C)c1nc(N(C)S(C)=O)nc(-c2ccc(F)cc2)c1/C=C/C(O)CC(O)CC(=O)O. The molecule has 0 aliphatic heterocycles. The molecular formula is C22H28FN3O5S. The minimum Gasteiger partial charge on any atom is -0.481 e. The van der Waals surface area contributed by atoms with Gasteiger partial charge in [-0.15, -0.1) is 0 Å². The number of carboxylic acid groups (broad SMARTS) is 1. The van der Waals surface area contributed by atoms with Gasteiger partial charge in [-0.2, -0.15) is 0 Å². The lowest BCUT2D eigenvalue weighted by atomic mass is 9.97. The molecule has 32 heavy (non-hydrogen) atoms. The van der Waals surface area contributed by atoms with Crippen molar-refractivity contribution in [3.8, 4) is 11.3 Å². The molecule has 1 aromatic carbocycles. The van der Waals surface area contributed by atoms with E-state index in [-0.39, 0.29) is 18.3 Å². The Kier molecular flexibility index (Phi) is 8.99. The lowest BCUT2D eigenvalue weighted by Crippen LogP contribution is -2.23. The van der Waals surface area contributed by atoms with E-state index in [2.05, 4.69) is 9.97 Å². The summed E-state index contributed by atoms with van der Waals surface area (Å²) in [6.07, 6.45) is 1.63. The number of aliphatic carboxylic acids is 1. The second-order valence-corrected chi connectivity index (χ2v) is 9.06. The van der Waals surface area contributed by atoms with Crippen molar-refractivity contribution in [1.29, 1.82) is 0 Å². The summed E-state index contributed by atoms with van der Waals surface area (Å²) >= 11 is 0. The van der Waals surface area contributed by atoms with Crippen LogP contribution in [0.25, 0.3) is 17.3 Å². The van der Waals surface area contributed by atoms with Gasteiger partial charge in [0.15, 0.2) is 0 Å². The van der Waals surface area contributed by atoms with Crippen LogP contribution in [0.5, 0.6) is 0 Å². The Morgan fingerprint density at radius 1 is 1.22 bits per heavy atom. The smallest absolute Gasteiger partial charge is 0.305 e. The summed E-state index contributed by atoms with van der Waals surface area (Å²) in [6.45, 7) is 3.85. The van der Waals surface area contributed by atoms with E-state index in [0.717, 1.165) is 0 Å². The monoisotopic (exact) mass is 465 g/mol. The molecule has 10 heteroatoms. The van der Waals surface area contributed by atoms with Gasteiger partial charge >= 0.3 is 5.97 Å². The molecule has 0 aliphatic carbocycles. The molecule has 2 rings (SSSR count). The fourth-order valence-electron chi connectivity index (χ4n) is 3.01. The highest BCUT2D eigenvalue weighted by molar-refractivity contribution is 7.85. The molecule has 3 unspecified atom stereocenters. The van der Waals surface area contributed by atoms with Crippen LogP contribution in [0.1, 0.15) is 43.9 Å². The topological polar surface area (TPSA) is 124 Å². The lowest BCUT2D eigenvalue weighted by Gasteiger charge is -2.20. The van der Waals surface area contributed by atoms with E-state index in [1.807, 2.05) is 13.8 Å². The maximum Gasteiger partial charge on any atom is 0.305 e. The summed E-state index contributed by atoms with van der Waals surface area (Å²) in [5.41, 5.74) is 2.27. The number of carboxylic acids is 1. The Morgan fingerprint density at radius 3 is 2.38 bits per heavy atom. The van der Waals surface area contributed by atoms with Crippen LogP contribution in [0.4, 0.5) is 10.3 Å². The fourth-order valence-corrected chi connectivity index (χ4v) is 3.32. The number of aromatic nitrogens is 2. The Labute approximate surface area is 189 Å². The third-order valence-electron chi connectivity index (χ3n) is 4.70. The van der Waals surface area contributed by atoms with Gasteiger partial charge in [0, 0.05) is 30.9 Å². The van der Waals surface area contributed by atoms with Gasteiger partial charge in [-0.1, -0.05) is 26.0 Å². The summed E-state index contributed by atoms with van der Waals surface area (Å²) in [6, 6.07) is 5.74. The number of aliphatic hydroxyl groups is 2. The number of hydrogen-bond donors (Lipinski definition) is 3. The first kappa shape index (κ1) is 25.6. The standard InChI is InChI=1S/C22H28FN3O5S/c1-13(2)20-18(10-9-16(27)11-17(28)12-19(29)30)21(14-5-7-15(23)8-6-14)25-22(24-20)26(3)32(4)31/h5-10,13,16-17,27-28H,11-12H2,1-4H3,(H,29,30)/b10-9+. The second-order valence-electron chi connectivity index (χ2n) is 7.67. The van der Waals surface area contributed by atoms with E-state index in [1.54, 1.807) is 25.3 Å². The predicted molar refractivity (Wildman–Crippen MR) is 122 cm³/mol. The summed E-state index contributed by atoms with van der Waals surface area (Å²) in [5.74, 6) is -1.39. The average Bonchev–Trinajstić information content (AvgIpc) is 2.70. The van der Waals surface area contributed by atoms with Crippen LogP contribution in [-0.2, 0) is 15.8 Å². The third kappa shape index (κ3) is 6.91. The molecule has 2 aromatic rings. The number of rotatable bonds is 10. The minimum absolute atomic E-state index is 0.0657. The number of benzene rings is 1. The van der Waals surface area contributed by atoms with Crippen LogP contribution in [0.15, 0.2) is 30.3 Å². The summed E-state index contributed by atoms with van der Waals surface area (Å²) in [4.78, 5) is 19.8. The normalized spacial score (nSPS) is 14.5. The zero-order chi connectivity index (χ0) is 24.0. The largest absolute Gasteiger partial charge is 0.481 e. The van der Waals surface area contributed by atoms with E-state index < -0.39 is 41.4 Å². The van der Waals surface area contributed by atoms with E-state index in [0.29, 0.717) is 22.5 Å². The van der Waals surface area contributed by atoms with E-state index >= 15 is 0 Å². The number of nitrogens with zero attached hydrogens (tertiary/aromatic N) is 3. The van der Waals surface area contributed by atoms with Crippen molar-refractivity contribution in [1.82, 2.24) is 9.97 Å². The average molecular weight is 466 g/mol. The Bertz CT molecular complexity index is 998. The van der Waals surface area contributed by atoms with E-state index in [1.165, 1.54) is 28.8 Å². The van der Waals surface area contributed by atoms with Crippen LogP contribution in [0.3, 0.4) is 0 Å². The Hall–Kier alpha value is -2.69. The first-order valence-corrected chi connectivity index (χ1v) is 11.5. The molecule has 3 N–H and O–H groups in total. The van der Waals surface area contributed by atoms with Crippen LogP contribution >= 0.6 is 0 Å². The van der Waals surface area contributed by atoms with Crippen molar-refractivity contribution in [2.45, 2.75) is 44.8 Å². The molecule has 174 valence electrons. The second kappa shape index (κ2) is 11.3. The maximum absolute atomic E-state index is 13.5.